The van der Waals surface area contributed by atoms with Gasteiger partial charge in [-0.2, -0.15) is 0 Å². The van der Waals surface area contributed by atoms with E-state index >= 15 is 0 Å². The summed E-state index contributed by atoms with van der Waals surface area (Å²) >= 11 is 0. The minimum atomic E-state index is -0.771. The van der Waals surface area contributed by atoms with E-state index in [4.69, 9.17) is 5.73 Å². The molecular formula is C15H23N3O. The predicted molar refractivity (Wildman–Crippen MR) is 76.3 cm³/mol. The molecule has 0 spiro atoms. The molecule has 0 saturated carbocycles. The number of hydrogen-bond donors (Lipinski definition) is 3. The maximum absolute atomic E-state index is 12.0. The first kappa shape index (κ1) is 14.0. The zero-order chi connectivity index (χ0) is 13.9. The van der Waals surface area contributed by atoms with Crippen LogP contribution in [0, 0.1) is 0 Å². The van der Waals surface area contributed by atoms with Crippen LogP contribution in [0.4, 0.5) is 0 Å². The SMILES string of the molecule is CCCC(C)(N)C(=O)NCc1ccc2c(c1)CNC2. The number of amides is 1. The molecule has 4 nitrogen and oxygen atoms in total. The highest BCUT2D eigenvalue weighted by atomic mass is 16.2. The van der Waals surface area contributed by atoms with Gasteiger partial charge in [0.05, 0.1) is 5.54 Å². The molecule has 1 amide bonds. The molecule has 1 atom stereocenters. The van der Waals surface area contributed by atoms with E-state index in [2.05, 4.69) is 28.8 Å². The average Bonchev–Trinajstić information content (AvgIpc) is 2.83. The van der Waals surface area contributed by atoms with E-state index in [0.29, 0.717) is 13.0 Å². The van der Waals surface area contributed by atoms with Crippen molar-refractivity contribution in [2.75, 3.05) is 0 Å². The summed E-state index contributed by atoms with van der Waals surface area (Å²) in [5.74, 6) is -0.0760. The van der Waals surface area contributed by atoms with Crippen molar-refractivity contribution in [3.63, 3.8) is 0 Å². The highest BCUT2D eigenvalue weighted by Gasteiger charge is 2.26. The fraction of sp³-hybridized carbons (Fsp3) is 0.533. The largest absolute Gasteiger partial charge is 0.350 e. The van der Waals surface area contributed by atoms with Crippen molar-refractivity contribution < 1.29 is 4.79 Å². The van der Waals surface area contributed by atoms with Crippen molar-refractivity contribution >= 4 is 5.91 Å². The van der Waals surface area contributed by atoms with Crippen molar-refractivity contribution in [2.45, 2.75) is 51.9 Å². The number of rotatable bonds is 5. The standard InChI is InChI=1S/C15H23N3O/c1-3-6-15(2,16)14(19)18-8-11-4-5-12-9-17-10-13(12)7-11/h4-5,7,17H,3,6,8-10,16H2,1-2H3,(H,18,19). The minimum Gasteiger partial charge on any atom is -0.350 e. The molecule has 1 heterocycles. The molecule has 19 heavy (non-hydrogen) atoms. The van der Waals surface area contributed by atoms with E-state index in [0.717, 1.165) is 25.1 Å². The molecule has 0 fully saturated rings. The predicted octanol–water partition coefficient (Wildman–Crippen LogP) is 1.42. The van der Waals surface area contributed by atoms with Crippen LogP contribution < -0.4 is 16.4 Å². The lowest BCUT2D eigenvalue weighted by atomic mass is 9.96. The summed E-state index contributed by atoms with van der Waals surface area (Å²) in [6.45, 7) is 6.23. The average molecular weight is 261 g/mol. The summed E-state index contributed by atoms with van der Waals surface area (Å²) in [4.78, 5) is 12.0. The van der Waals surface area contributed by atoms with Gasteiger partial charge in [-0.3, -0.25) is 4.79 Å². The van der Waals surface area contributed by atoms with Crippen LogP contribution in [0.15, 0.2) is 18.2 Å². The van der Waals surface area contributed by atoms with Gasteiger partial charge in [-0.15, -0.1) is 0 Å². The van der Waals surface area contributed by atoms with Crippen LogP contribution in [0.5, 0.6) is 0 Å². The second kappa shape index (κ2) is 5.72. The van der Waals surface area contributed by atoms with Gasteiger partial charge in [0.1, 0.15) is 0 Å². The number of benzene rings is 1. The van der Waals surface area contributed by atoms with Crippen molar-refractivity contribution in [2.24, 2.45) is 5.73 Å². The highest BCUT2D eigenvalue weighted by molar-refractivity contribution is 5.85. The molecule has 0 aromatic heterocycles. The first-order chi connectivity index (χ1) is 9.03. The molecule has 1 aliphatic rings. The molecule has 0 saturated heterocycles. The second-order valence-corrected chi connectivity index (χ2v) is 5.56. The van der Waals surface area contributed by atoms with Gasteiger partial charge in [0.15, 0.2) is 0 Å². The highest BCUT2D eigenvalue weighted by Crippen LogP contribution is 2.17. The van der Waals surface area contributed by atoms with Gasteiger partial charge in [-0.05, 0) is 30.0 Å². The Balaban J connectivity index is 1.94. The lowest BCUT2D eigenvalue weighted by molar-refractivity contribution is -0.126. The van der Waals surface area contributed by atoms with Gasteiger partial charge in [-0.25, -0.2) is 0 Å². The molecular weight excluding hydrogens is 238 g/mol. The number of carbonyl (C=O) groups is 1. The molecule has 2 rings (SSSR count). The number of carbonyl (C=O) groups excluding carboxylic acids is 1. The van der Waals surface area contributed by atoms with Crippen molar-refractivity contribution in [3.05, 3.63) is 34.9 Å². The molecule has 0 radical (unpaired) electrons. The summed E-state index contributed by atoms with van der Waals surface area (Å²) in [6.07, 6.45) is 1.61. The van der Waals surface area contributed by atoms with Gasteiger partial charge in [0.25, 0.3) is 0 Å². The van der Waals surface area contributed by atoms with Crippen molar-refractivity contribution in [3.8, 4) is 0 Å². The Morgan fingerprint density at radius 1 is 1.42 bits per heavy atom. The van der Waals surface area contributed by atoms with Gasteiger partial charge in [0, 0.05) is 19.6 Å². The van der Waals surface area contributed by atoms with E-state index in [9.17, 15) is 4.79 Å². The first-order valence-corrected chi connectivity index (χ1v) is 6.91. The van der Waals surface area contributed by atoms with Crippen molar-refractivity contribution in [1.29, 1.82) is 0 Å². The summed E-state index contributed by atoms with van der Waals surface area (Å²) in [7, 11) is 0. The normalized spacial score (nSPS) is 16.8. The molecule has 4 heteroatoms. The topological polar surface area (TPSA) is 67.2 Å². The van der Waals surface area contributed by atoms with Gasteiger partial charge in [-0.1, -0.05) is 31.5 Å². The molecule has 1 unspecified atom stereocenters. The Bertz CT molecular complexity index is 468. The van der Waals surface area contributed by atoms with Crippen LogP contribution in [0.1, 0.15) is 43.4 Å². The van der Waals surface area contributed by atoms with Gasteiger partial charge in [0.2, 0.25) is 5.91 Å². The fourth-order valence-electron chi connectivity index (χ4n) is 2.48. The van der Waals surface area contributed by atoms with Crippen LogP contribution in [0.3, 0.4) is 0 Å². The molecule has 104 valence electrons. The Kier molecular flexibility index (Phi) is 4.22. The van der Waals surface area contributed by atoms with E-state index in [1.54, 1.807) is 6.92 Å². The quantitative estimate of drug-likeness (QED) is 0.751. The Morgan fingerprint density at radius 2 is 2.16 bits per heavy atom. The van der Waals surface area contributed by atoms with E-state index in [1.807, 2.05) is 6.92 Å². The fourth-order valence-corrected chi connectivity index (χ4v) is 2.48. The van der Waals surface area contributed by atoms with E-state index in [1.165, 1.54) is 11.1 Å². The van der Waals surface area contributed by atoms with Gasteiger partial charge < -0.3 is 16.4 Å². The van der Waals surface area contributed by atoms with Crippen molar-refractivity contribution in [1.82, 2.24) is 10.6 Å². The maximum atomic E-state index is 12.0. The molecule has 1 aliphatic heterocycles. The summed E-state index contributed by atoms with van der Waals surface area (Å²) in [5.41, 5.74) is 9.04. The monoisotopic (exact) mass is 261 g/mol. The molecule has 0 aliphatic carbocycles. The third-order valence-corrected chi connectivity index (χ3v) is 3.64. The molecule has 4 N–H and O–H groups in total. The zero-order valence-electron chi connectivity index (χ0n) is 11.8. The number of nitrogens with one attached hydrogen (secondary N) is 2. The third kappa shape index (κ3) is 3.33. The number of fused-ring (bicyclic) bond motifs is 1. The molecule has 0 bridgehead atoms. The molecule has 1 aromatic rings. The lowest BCUT2D eigenvalue weighted by Crippen LogP contribution is -2.51. The van der Waals surface area contributed by atoms with E-state index < -0.39 is 5.54 Å². The van der Waals surface area contributed by atoms with E-state index in [-0.39, 0.29) is 5.91 Å². The number of nitrogens with two attached hydrogens (primary N) is 1. The van der Waals surface area contributed by atoms with Crippen LogP contribution in [0.2, 0.25) is 0 Å². The number of hydrogen-bond acceptors (Lipinski definition) is 3. The van der Waals surface area contributed by atoms with Crippen LogP contribution in [0.25, 0.3) is 0 Å². The second-order valence-electron chi connectivity index (χ2n) is 5.56. The Morgan fingerprint density at radius 3 is 2.89 bits per heavy atom. The van der Waals surface area contributed by atoms with Crippen LogP contribution in [-0.4, -0.2) is 11.4 Å². The Labute approximate surface area is 114 Å². The van der Waals surface area contributed by atoms with Gasteiger partial charge >= 0.3 is 0 Å². The lowest BCUT2D eigenvalue weighted by Gasteiger charge is -2.22. The summed E-state index contributed by atoms with van der Waals surface area (Å²) in [6, 6.07) is 6.35. The maximum Gasteiger partial charge on any atom is 0.240 e. The first-order valence-electron chi connectivity index (χ1n) is 6.91. The Hall–Kier alpha value is -1.39. The zero-order valence-corrected chi connectivity index (χ0v) is 11.8. The molecule has 1 aromatic carbocycles. The smallest absolute Gasteiger partial charge is 0.240 e. The third-order valence-electron chi connectivity index (χ3n) is 3.64. The van der Waals surface area contributed by atoms with Crippen LogP contribution in [-0.2, 0) is 24.4 Å². The summed E-state index contributed by atoms with van der Waals surface area (Å²) < 4.78 is 0. The summed E-state index contributed by atoms with van der Waals surface area (Å²) in [5, 5.41) is 6.24. The minimum absolute atomic E-state index is 0.0760. The van der Waals surface area contributed by atoms with Crippen LogP contribution >= 0.6 is 0 Å².